The molecule has 1 aliphatic carbocycles. The fourth-order valence-electron chi connectivity index (χ4n) is 4.63. The number of methoxy groups -OCH3 is 1. The molecule has 2 heterocycles. The quantitative estimate of drug-likeness (QED) is 0.550. The highest BCUT2D eigenvalue weighted by atomic mass is 16.5. The van der Waals surface area contributed by atoms with Gasteiger partial charge in [-0.15, -0.1) is 0 Å². The Balaban J connectivity index is 1.32. The molecule has 0 spiro atoms. The van der Waals surface area contributed by atoms with Crippen LogP contribution in [-0.2, 0) is 4.74 Å². The number of nitrogens with one attached hydrogen (secondary N) is 2. The Hall–Kier alpha value is -3.16. The van der Waals surface area contributed by atoms with Crippen LogP contribution in [0.4, 0.5) is 10.6 Å². The summed E-state index contributed by atoms with van der Waals surface area (Å²) in [7, 11) is 1.72. The molecule has 2 amide bonds. The van der Waals surface area contributed by atoms with Crippen molar-refractivity contribution in [2.45, 2.75) is 30.7 Å². The number of hydrogen-bond acceptors (Lipinski definition) is 4. The van der Waals surface area contributed by atoms with Gasteiger partial charge in [0.25, 0.3) is 0 Å². The predicted octanol–water partition coefficient (Wildman–Crippen LogP) is 3.99. The van der Waals surface area contributed by atoms with E-state index in [2.05, 4.69) is 39.8 Å². The molecule has 2 N–H and O–H groups in total. The van der Waals surface area contributed by atoms with Gasteiger partial charge < -0.3 is 10.1 Å². The van der Waals surface area contributed by atoms with E-state index in [-0.39, 0.29) is 18.0 Å². The summed E-state index contributed by atoms with van der Waals surface area (Å²) < 4.78 is 7.11. The number of hydrogen-bond donors (Lipinski definition) is 2. The number of benzene rings is 2. The molecule has 0 bridgehead atoms. The van der Waals surface area contributed by atoms with Gasteiger partial charge in [0.2, 0.25) is 0 Å². The van der Waals surface area contributed by atoms with Gasteiger partial charge in [0.1, 0.15) is 5.82 Å². The number of urea groups is 1. The van der Waals surface area contributed by atoms with Gasteiger partial charge in [0.15, 0.2) is 0 Å². The van der Waals surface area contributed by atoms with Crippen molar-refractivity contribution in [3.63, 3.8) is 0 Å². The van der Waals surface area contributed by atoms with Crippen molar-refractivity contribution in [3.8, 4) is 5.69 Å². The second kappa shape index (κ2) is 9.77. The van der Waals surface area contributed by atoms with Gasteiger partial charge in [-0.2, -0.15) is 5.10 Å². The van der Waals surface area contributed by atoms with Gasteiger partial charge in [0, 0.05) is 44.6 Å². The maximum Gasteiger partial charge on any atom is 0.320 e. The Morgan fingerprint density at radius 3 is 2.48 bits per heavy atom. The largest absolute Gasteiger partial charge is 0.383 e. The van der Waals surface area contributed by atoms with Crippen LogP contribution in [0, 0.1) is 0 Å². The maximum atomic E-state index is 13.1. The topological polar surface area (TPSA) is 71.4 Å². The molecular weight excluding hydrogens is 414 g/mol. The lowest BCUT2D eigenvalue weighted by Gasteiger charge is -2.20. The van der Waals surface area contributed by atoms with Crippen LogP contribution in [0.15, 0.2) is 66.7 Å². The molecule has 3 aromatic rings. The van der Waals surface area contributed by atoms with Crippen LogP contribution in [0.2, 0.25) is 0 Å². The molecule has 2 atom stereocenters. The van der Waals surface area contributed by atoms with Gasteiger partial charge in [-0.25, -0.2) is 9.48 Å². The SMILES string of the molecule is COCCN1CC(c2ccccc2)[C@H](NC(=O)Nc2cc(C3CC3)nn2-c2ccccc2)C1. The minimum absolute atomic E-state index is 0.0141. The summed E-state index contributed by atoms with van der Waals surface area (Å²) in [6.45, 7) is 3.22. The van der Waals surface area contributed by atoms with Crippen LogP contribution < -0.4 is 10.6 Å². The molecule has 2 aromatic carbocycles. The van der Waals surface area contributed by atoms with Gasteiger partial charge in [0.05, 0.1) is 24.0 Å². The number of rotatable bonds is 8. The summed E-state index contributed by atoms with van der Waals surface area (Å²) in [5.41, 5.74) is 3.23. The molecule has 0 radical (unpaired) electrons. The number of carbonyl (C=O) groups excluding carboxylic acids is 1. The highest BCUT2D eigenvalue weighted by Gasteiger charge is 2.35. The molecule has 7 nitrogen and oxygen atoms in total. The number of ether oxygens (including phenoxy) is 1. The van der Waals surface area contributed by atoms with Gasteiger partial charge in [-0.3, -0.25) is 10.2 Å². The van der Waals surface area contributed by atoms with E-state index < -0.39 is 0 Å². The molecular formula is C26H31N5O2. The smallest absolute Gasteiger partial charge is 0.320 e. The van der Waals surface area contributed by atoms with E-state index in [1.165, 1.54) is 5.56 Å². The van der Waals surface area contributed by atoms with Gasteiger partial charge >= 0.3 is 6.03 Å². The van der Waals surface area contributed by atoms with E-state index in [1.54, 1.807) is 7.11 Å². The standard InChI is InChI=1S/C26H31N5O2/c1-33-15-14-30-17-22(19-8-4-2-5-9-19)24(18-30)27-26(32)28-25-16-23(20-12-13-20)29-31(25)21-10-6-3-7-11-21/h2-11,16,20,22,24H,12-15,17-18H2,1H3,(H2,27,28,32)/t22?,24-/m1/s1. The zero-order valence-electron chi connectivity index (χ0n) is 19.0. The fraction of sp³-hybridized carbons (Fsp3) is 0.385. The number of nitrogens with zero attached hydrogens (tertiary/aromatic N) is 3. The van der Waals surface area contributed by atoms with E-state index in [9.17, 15) is 4.79 Å². The Labute approximate surface area is 194 Å². The van der Waals surface area contributed by atoms with Crippen molar-refractivity contribution >= 4 is 11.8 Å². The van der Waals surface area contributed by atoms with Gasteiger partial charge in [-0.05, 0) is 30.5 Å². The summed E-state index contributed by atoms with van der Waals surface area (Å²) in [6, 6.07) is 22.2. The normalized spacial score (nSPS) is 20.6. The lowest BCUT2D eigenvalue weighted by molar-refractivity contribution is 0.159. The van der Waals surface area contributed by atoms with Crippen molar-refractivity contribution < 1.29 is 9.53 Å². The molecule has 7 heteroatoms. The van der Waals surface area contributed by atoms with E-state index in [0.717, 1.165) is 43.9 Å². The molecule has 1 saturated carbocycles. The number of para-hydroxylation sites is 1. The third-order valence-corrected chi connectivity index (χ3v) is 6.52. The van der Waals surface area contributed by atoms with E-state index in [1.807, 2.05) is 47.1 Å². The summed E-state index contributed by atoms with van der Waals surface area (Å²) in [4.78, 5) is 15.5. The summed E-state index contributed by atoms with van der Waals surface area (Å²) in [5, 5.41) is 11.1. The Morgan fingerprint density at radius 1 is 1.06 bits per heavy atom. The minimum atomic E-state index is -0.200. The van der Waals surface area contributed by atoms with Crippen LogP contribution in [0.1, 0.15) is 35.9 Å². The van der Waals surface area contributed by atoms with E-state index in [4.69, 9.17) is 9.84 Å². The van der Waals surface area contributed by atoms with Gasteiger partial charge in [-0.1, -0.05) is 48.5 Å². The van der Waals surface area contributed by atoms with E-state index in [0.29, 0.717) is 18.3 Å². The van der Waals surface area contributed by atoms with Crippen LogP contribution in [0.3, 0.4) is 0 Å². The highest BCUT2D eigenvalue weighted by molar-refractivity contribution is 5.89. The summed E-state index contributed by atoms with van der Waals surface area (Å²) >= 11 is 0. The van der Waals surface area contributed by atoms with Crippen LogP contribution >= 0.6 is 0 Å². The first-order chi connectivity index (χ1) is 16.2. The van der Waals surface area contributed by atoms with Crippen molar-refractivity contribution in [1.29, 1.82) is 0 Å². The first-order valence-electron chi connectivity index (χ1n) is 11.7. The van der Waals surface area contributed by atoms with Crippen molar-refractivity contribution in [3.05, 3.63) is 78.0 Å². The third kappa shape index (κ3) is 5.10. The summed E-state index contributed by atoms with van der Waals surface area (Å²) in [6.07, 6.45) is 2.32. The monoisotopic (exact) mass is 445 g/mol. The lowest BCUT2D eigenvalue weighted by Crippen LogP contribution is -2.42. The molecule has 172 valence electrons. The number of carbonyl (C=O) groups is 1. The second-order valence-electron chi connectivity index (χ2n) is 8.95. The van der Waals surface area contributed by atoms with Crippen molar-refractivity contribution in [2.24, 2.45) is 0 Å². The third-order valence-electron chi connectivity index (χ3n) is 6.52. The number of aromatic nitrogens is 2. The Kier molecular flexibility index (Phi) is 6.41. The number of anilines is 1. The zero-order chi connectivity index (χ0) is 22.6. The number of likely N-dealkylation sites (tertiary alicyclic amines) is 1. The highest BCUT2D eigenvalue weighted by Crippen LogP contribution is 2.40. The molecule has 5 rings (SSSR count). The molecule has 1 aliphatic heterocycles. The van der Waals surface area contributed by atoms with Crippen LogP contribution in [0.5, 0.6) is 0 Å². The lowest BCUT2D eigenvalue weighted by atomic mass is 9.94. The maximum absolute atomic E-state index is 13.1. The van der Waals surface area contributed by atoms with Crippen molar-refractivity contribution in [2.75, 3.05) is 38.7 Å². The molecule has 1 aromatic heterocycles. The average Bonchev–Trinajstić information content (AvgIpc) is 3.50. The second-order valence-corrected chi connectivity index (χ2v) is 8.95. The van der Waals surface area contributed by atoms with Crippen molar-refractivity contribution in [1.82, 2.24) is 20.0 Å². The summed E-state index contributed by atoms with van der Waals surface area (Å²) in [5.74, 6) is 1.44. The number of amides is 2. The average molecular weight is 446 g/mol. The molecule has 1 saturated heterocycles. The first kappa shape index (κ1) is 21.7. The first-order valence-corrected chi connectivity index (χ1v) is 11.7. The minimum Gasteiger partial charge on any atom is -0.383 e. The predicted molar refractivity (Wildman–Crippen MR) is 129 cm³/mol. The fourth-order valence-corrected chi connectivity index (χ4v) is 4.63. The van der Waals surface area contributed by atoms with Crippen LogP contribution in [0.25, 0.3) is 5.69 Å². The molecule has 2 fully saturated rings. The Bertz CT molecular complexity index is 1060. The van der Waals surface area contributed by atoms with E-state index >= 15 is 0 Å². The Morgan fingerprint density at radius 2 is 1.79 bits per heavy atom. The molecule has 33 heavy (non-hydrogen) atoms. The molecule has 1 unspecified atom stereocenters. The zero-order valence-corrected chi connectivity index (χ0v) is 19.0. The van der Waals surface area contributed by atoms with Crippen LogP contribution in [-0.4, -0.2) is 60.1 Å². The molecule has 2 aliphatic rings.